The van der Waals surface area contributed by atoms with Crippen LogP contribution in [0, 0.1) is 0 Å². The molecule has 1 aliphatic carbocycles. The van der Waals surface area contributed by atoms with Crippen LogP contribution in [-0.4, -0.2) is 44.0 Å². The van der Waals surface area contributed by atoms with Gasteiger partial charge in [-0.05, 0) is 29.7 Å². The first kappa shape index (κ1) is 21.2. The molecule has 0 aromatic heterocycles. The monoisotopic (exact) mass is 478 g/mol. The molecule has 2 aromatic rings. The minimum atomic E-state index is 0. The molecule has 2 aromatic carbocycles. The summed E-state index contributed by atoms with van der Waals surface area (Å²) >= 11 is 0. The van der Waals surface area contributed by atoms with Crippen molar-refractivity contribution in [2.45, 2.75) is 24.9 Å². The van der Waals surface area contributed by atoms with E-state index in [1.807, 2.05) is 30.3 Å². The van der Waals surface area contributed by atoms with E-state index in [9.17, 15) is 4.79 Å². The molecule has 0 spiro atoms. The number of hydrogen-bond acceptors (Lipinski definition) is 2. The predicted octanol–water partition coefficient (Wildman–Crippen LogP) is 3.23. The van der Waals surface area contributed by atoms with Gasteiger partial charge in [-0.2, -0.15) is 0 Å². The summed E-state index contributed by atoms with van der Waals surface area (Å²) in [6.07, 6.45) is 1.13. The molecule has 144 valence electrons. The number of hydrogen-bond donors (Lipinski definition) is 2. The fraction of sp³-hybridized carbons (Fsp3) is 0.333. The SMILES string of the molecule is CN=C(NCc1ccc(C(=O)N(C)C)cc1)NC1CC1c1ccccc1.I. The zero-order valence-corrected chi connectivity index (χ0v) is 18.3. The maximum absolute atomic E-state index is 11.9. The second-order valence-corrected chi connectivity index (χ2v) is 6.83. The average Bonchev–Trinajstić information content (AvgIpc) is 3.44. The van der Waals surface area contributed by atoms with E-state index in [1.54, 1.807) is 26.0 Å². The third-order valence-corrected chi connectivity index (χ3v) is 4.63. The standard InChI is InChI=1S/C21H26N4O.HI/c1-22-21(24-19-13-18(19)16-7-5-4-6-8-16)23-14-15-9-11-17(12-10-15)20(26)25(2)3;/h4-12,18-19H,13-14H2,1-3H3,(H2,22,23,24);1H. The maximum atomic E-state index is 11.9. The van der Waals surface area contributed by atoms with Gasteiger partial charge in [0, 0.05) is 45.2 Å². The van der Waals surface area contributed by atoms with Crippen LogP contribution in [0.2, 0.25) is 0 Å². The van der Waals surface area contributed by atoms with E-state index in [-0.39, 0.29) is 29.9 Å². The first-order chi connectivity index (χ1) is 12.6. The number of benzene rings is 2. The van der Waals surface area contributed by atoms with E-state index >= 15 is 0 Å². The molecular formula is C21H27IN4O. The van der Waals surface area contributed by atoms with E-state index in [0.717, 1.165) is 17.9 Å². The first-order valence-corrected chi connectivity index (χ1v) is 8.91. The van der Waals surface area contributed by atoms with Gasteiger partial charge in [0.05, 0.1) is 0 Å². The zero-order valence-electron chi connectivity index (χ0n) is 16.0. The van der Waals surface area contributed by atoms with Crippen molar-refractivity contribution in [3.63, 3.8) is 0 Å². The highest BCUT2D eigenvalue weighted by molar-refractivity contribution is 14.0. The molecule has 0 saturated heterocycles. The minimum Gasteiger partial charge on any atom is -0.353 e. The summed E-state index contributed by atoms with van der Waals surface area (Å²) in [4.78, 5) is 17.8. The summed E-state index contributed by atoms with van der Waals surface area (Å²) in [5.74, 6) is 1.38. The van der Waals surface area contributed by atoms with Gasteiger partial charge < -0.3 is 15.5 Å². The number of carbonyl (C=O) groups excluding carboxylic acids is 1. The number of halogens is 1. The van der Waals surface area contributed by atoms with Crippen molar-refractivity contribution in [3.05, 3.63) is 71.3 Å². The van der Waals surface area contributed by atoms with Gasteiger partial charge in [-0.1, -0.05) is 42.5 Å². The third kappa shape index (κ3) is 5.69. The Labute approximate surface area is 178 Å². The van der Waals surface area contributed by atoms with Crippen molar-refractivity contribution in [2.24, 2.45) is 4.99 Å². The molecule has 5 nitrogen and oxygen atoms in total. The van der Waals surface area contributed by atoms with Crippen molar-refractivity contribution in [2.75, 3.05) is 21.1 Å². The molecule has 0 aliphatic heterocycles. The van der Waals surface area contributed by atoms with Gasteiger partial charge in [0.1, 0.15) is 0 Å². The topological polar surface area (TPSA) is 56.7 Å². The lowest BCUT2D eigenvalue weighted by Gasteiger charge is -2.13. The van der Waals surface area contributed by atoms with E-state index in [0.29, 0.717) is 24.1 Å². The van der Waals surface area contributed by atoms with Crippen molar-refractivity contribution < 1.29 is 4.79 Å². The van der Waals surface area contributed by atoms with Gasteiger partial charge in [0.15, 0.2) is 5.96 Å². The lowest BCUT2D eigenvalue weighted by molar-refractivity contribution is 0.0827. The smallest absolute Gasteiger partial charge is 0.253 e. The molecule has 2 N–H and O–H groups in total. The van der Waals surface area contributed by atoms with Crippen LogP contribution in [0.4, 0.5) is 0 Å². The summed E-state index contributed by atoms with van der Waals surface area (Å²) in [5, 5.41) is 6.83. The highest BCUT2D eigenvalue weighted by atomic mass is 127. The predicted molar refractivity (Wildman–Crippen MR) is 121 cm³/mol. The van der Waals surface area contributed by atoms with Gasteiger partial charge in [-0.3, -0.25) is 9.79 Å². The summed E-state index contributed by atoms with van der Waals surface area (Å²) in [6.45, 7) is 0.666. The second-order valence-electron chi connectivity index (χ2n) is 6.83. The summed E-state index contributed by atoms with van der Waals surface area (Å²) in [6, 6.07) is 18.7. The second kappa shape index (κ2) is 9.73. The molecule has 6 heteroatoms. The van der Waals surface area contributed by atoms with Gasteiger partial charge in [0.2, 0.25) is 0 Å². The van der Waals surface area contributed by atoms with Crippen LogP contribution in [0.5, 0.6) is 0 Å². The Hall–Kier alpha value is -2.09. The van der Waals surface area contributed by atoms with Crippen LogP contribution in [0.25, 0.3) is 0 Å². The van der Waals surface area contributed by atoms with Crippen molar-refractivity contribution in [1.82, 2.24) is 15.5 Å². The number of carbonyl (C=O) groups is 1. The van der Waals surface area contributed by atoms with E-state index < -0.39 is 0 Å². The number of aliphatic imine (C=N–C) groups is 1. The molecule has 0 radical (unpaired) electrons. The van der Waals surface area contributed by atoms with Gasteiger partial charge in [-0.25, -0.2) is 0 Å². The van der Waals surface area contributed by atoms with Crippen LogP contribution >= 0.6 is 24.0 Å². The molecule has 2 atom stereocenters. The molecule has 1 aliphatic rings. The number of nitrogens with one attached hydrogen (secondary N) is 2. The molecule has 0 heterocycles. The number of guanidine groups is 1. The Morgan fingerprint density at radius 1 is 1.11 bits per heavy atom. The Balaban J connectivity index is 0.00000261. The van der Waals surface area contributed by atoms with E-state index in [4.69, 9.17) is 0 Å². The third-order valence-electron chi connectivity index (χ3n) is 4.63. The van der Waals surface area contributed by atoms with Gasteiger partial charge in [-0.15, -0.1) is 24.0 Å². The number of amides is 1. The van der Waals surface area contributed by atoms with Crippen LogP contribution < -0.4 is 10.6 Å². The molecule has 1 fully saturated rings. The quantitative estimate of drug-likeness (QED) is 0.394. The molecule has 2 unspecified atom stereocenters. The maximum Gasteiger partial charge on any atom is 0.253 e. The normalized spacial score (nSPS) is 18.3. The summed E-state index contributed by atoms with van der Waals surface area (Å²) in [5.41, 5.74) is 3.19. The number of nitrogens with zero attached hydrogens (tertiary/aromatic N) is 2. The molecule has 3 rings (SSSR count). The zero-order chi connectivity index (χ0) is 18.5. The van der Waals surface area contributed by atoms with Crippen LogP contribution in [-0.2, 0) is 6.54 Å². The number of rotatable bonds is 5. The van der Waals surface area contributed by atoms with Gasteiger partial charge >= 0.3 is 0 Å². The molecule has 1 amide bonds. The lowest BCUT2D eigenvalue weighted by atomic mass is 10.1. The van der Waals surface area contributed by atoms with Crippen LogP contribution in [0.3, 0.4) is 0 Å². The fourth-order valence-corrected chi connectivity index (χ4v) is 3.00. The highest BCUT2D eigenvalue weighted by Crippen LogP contribution is 2.40. The first-order valence-electron chi connectivity index (χ1n) is 8.91. The van der Waals surface area contributed by atoms with Crippen LogP contribution in [0.1, 0.15) is 33.8 Å². The van der Waals surface area contributed by atoms with Crippen molar-refractivity contribution >= 4 is 35.8 Å². The van der Waals surface area contributed by atoms with E-state index in [1.165, 1.54) is 5.56 Å². The highest BCUT2D eigenvalue weighted by Gasteiger charge is 2.38. The van der Waals surface area contributed by atoms with Gasteiger partial charge in [0.25, 0.3) is 5.91 Å². The van der Waals surface area contributed by atoms with Crippen molar-refractivity contribution in [3.8, 4) is 0 Å². The Morgan fingerprint density at radius 2 is 1.78 bits per heavy atom. The van der Waals surface area contributed by atoms with E-state index in [2.05, 4.69) is 39.9 Å². The Bertz CT molecular complexity index is 775. The van der Waals surface area contributed by atoms with Crippen molar-refractivity contribution in [1.29, 1.82) is 0 Å². The Kier molecular flexibility index (Phi) is 7.65. The largest absolute Gasteiger partial charge is 0.353 e. The average molecular weight is 478 g/mol. The summed E-state index contributed by atoms with van der Waals surface area (Å²) in [7, 11) is 5.30. The minimum absolute atomic E-state index is 0. The summed E-state index contributed by atoms with van der Waals surface area (Å²) < 4.78 is 0. The Morgan fingerprint density at radius 3 is 2.37 bits per heavy atom. The fourth-order valence-electron chi connectivity index (χ4n) is 3.00. The molecular weight excluding hydrogens is 451 g/mol. The lowest BCUT2D eigenvalue weighted by Crippen LogP contribution is -2.38. The molecule has 0 bridgehead atoms. The molecule has 1 saturated carbocycles. The molecule has 27 heavy (non-hydrogen) atoms. The van der Waals surface area contributed by atoms with Crippen LogP contribution in [0.15, 0.2) is 59.6 Å².